The van der Waals surface area contributed by atoms with Crippen molar-refractivity contribution in [3.05, 3.63) is 53.6 Å². The first kappa shape index (κ1) is 15.9. The molecular weight excluding hydrogens is 316 g/mol. The highest BCUT2D eigenvalue weighted by Crippen LogP contribution is 2.26. The van der Waals surface area contributed by atoms with Crippen LogP contribution in [0.2, 0.25) is 0 Å². The predicted octanol–water partition coefficient (Wildman–Crippen LogP) is 1.70. The summed E-state index contributed by atoms with van der Waals surface area (Å²) in [7, 11) is 0. The Labute approximate surface area is 147 Å². The number of amides is 1. The summed E-state index contributed by atoms with van der Waals surface area (Å²) in [6, 6.07) is 6.09. The van der Waals surface area contributed by atoms with Gasteiger partial charge in [-0.1, -0.05) is 6.07 Å². The van der Waals surface area contributed by atoms with Crippen molar-refractivity contribution in [3.63, 3.8) is 0 Å². The summed E-state index contributed by atoms with van der Waals surface area (Å²) >= 11 is 0. The average Bonchev–Trinajstić information content (AvgIpc) is 3.31. The zero-order valence-corrected chi connectivity index (χ0v) is 14.1. The number of benzene rings is 1. The fourth-order valence-corrected chi connectivity index (χ4v) is 3.31. The Bertz CT molecular complexity index is 762. The molecule has 2 aromatic rings. The Morgan fingerprint density at radius 3 is 2.96 bits per heavy atom. The third-order valence-corrected chi connectivity index (χ3v) is 4.74. The van der Waals surface area contributed by atoms with E-state index in [0.717, 1.165) is 62.9 Å². The molecule has 0 atom stereocenters. The molecule has 130 valence electrons. The quantitative estimate of drug-likeness (QED) is 0.862. The van der Waals surface area contributed by atoms with Gasteiger partial charge in [0.2, 0.25) is 5.91 Å². The number of rotatable bonds is 4. The van der Waals surface area contributed by atoms with Crippen LogP contribution < -0.4 is 4.74 Å². The summed E-state index contributed by atoms with van der Waals surface area (Å²) in [5.74, 6) is 2.02. The Kier molecular flexibility index (Phi) is 4.52. The molecule has 0 aliphatic carbocycles. The van der Waals surface area contributed by atoms with Gasteiger partial charge in [-0.05, 0) is 29.3 Å². The molecule has 0 unspecified atom stereocenters. The first-order valence-electron chi connectivity index (χ1n) is 8.71. The number of aromatic amines is 1. The maximum absolute atomic E-state index is 12.4. The topological polar surface area (TPSA) is 61.5 Å². The van der Waals surface area contributed by atoms with E-state index in [1.54, 1.807) is 12.3 Å². The summed E-state index contributed by atoms with van der Waals surface area (Å²) in [5.41, 5.74) is 2.27. The number of hydrogen-bond acceptors (Lipinski definition) is 4. The number of ether oxygens (including phenoxy) is 1. The minimum atomic E-state index is 0.0781. The van der Waals surface area contributed by atoms with Gasteiger partial charge in [0.25, 0.3) is 0 Å². The van der Waals surface area contributed by atoms with Crippen LogP contribution in [0.1, 0.15) is 17.0 Å². The van der Waals surface area contributed by atoms with Crippen molar-refractivity contribution < 1.29 is 9.53 Å². The molecule has 0 spiro atoms. The van der Waals surface area contributed by atoms with Crippen LogP contribution in [0.15, 0.2) is 36.7 Å². The molecule has 0 radical (unpaired) electrons. The highest BCUT2D eigenvalue weighted by Gasteiger charge is 2.20. The molecule has 1 aromatic heterocycles. The van der Waals surface area contributed by atoms with Crippen molar-refractivity contribution in [3.8, 4) is 5.75 Å². The van der Waals surface area contributed by atoms with E-state index in [1.165, 1.54) is 5.56 Å². The lowest BCUT2D eigenvalue weighted by Crippen LogP contribution is -2.47. The normalized spacial score (nSPS) is 17.7. The van der Waals surface area contributed by atoms with Crippen LogP contribution >= 0.6 is 0 Å². The molecule has 0 bridgehead atoms. The maximum Gasteiger partial charge on any atom is 0.246 e. The van der Waals surface area contributed by atoms with E-state index in [9.17, 15) is 4.79 Å². The maximum atomic E-state index is 12.4. The molecule has 6 nitrogen and oxygen atoms in total. The zero-order valence-electron chi connectivity index (χ0n) is 14.1. The molecule has 3 heterocycles. The fourth-order valence-electron chi connectivity index (χ4n) is 3.31. The smallest absolute Gasteiger partial charge is 0.246 e. The van der Waals surface area contributed by atoms with Gasteiger partial charge in [0.05, 0.1) is 13.2 Å². The second-order valence-corrected chi connectivity index (χ2v) is 6.44. The van der Waals surface area contributed by atoms with Gasteiger partial charge >= 0.3 is 0 Å². The summed E-state index contributed by atoms with van der Waals surface area (Å²) in [4.78, 5) is 24.0. The van der Waals surface area contributed by atoms with Crippen molar-refractivity contribution >= 4 is 12.0 Å². The third-order valence-electron chi connectivity index (χ3n) is 4.74. The molecule has 1 saturated heterocycles. The van der Waals surface area contributed by atoms with Crippen molar-refractivity contribution in [1.82, 2.24) is 19.8 Å². The lowest BCUT2D eigenvalue weighted by molar-refractivity contribution is -0.127. The van der Waals surface area contributed by atoms with Crippen LogP contribution in [-0.4, -0.2) is 58.5 Å². The van der Waals surface area contributed by atoms with Crippen LogP contribution in [0.3, 0.4) is 0 Å². The minimum Gasteiger partial charge on any atom is -0.493 e. The van der Waals surface area contributed by atoms with E-state index in [2.05, 4.69) is 20.9 Å². The summed E-state index contributed by atoms with van der Waals surface area (Å²) in [5, 5.41) is 0. The monoisotopic (exact) mass is 338 g/mol. The number of aromatic nitrogens is 2. The Balaban J connectivity index is 1.30. The lowest BCUT2D eigenvalue weighted by Gasteiger charge is -2.33. The van der Waals surface area contributed by atoms with Gasteiger partial charge in [-0.25, -0.2) is 4.98 Å². The zero-order chi connectivity index (χ0) is 17.1. The van der Waals surface area contributed by atoms with E-state index in [1.807, 2.05) is 29.3 Å². The Morgan fingerprint density at radius 1 is 1.28 bits per heavy atom. The van der Waals surface area contributed by atoms with Gasteiger partial charge in [-0.15, -0.1) is 0 Å². The minimum absolute atomic E-state index is 0.0781. The lowest BCUT2D eigenvalue weighted by atomic mass is 10.1. The first-order valence-corrected chi connectivity index (χ1v) is 8.71. The van der Waals surface area contributed by atoms with Crippen molar-refractivity contribution in [2.45, 2.75) is 13.0 Å². The van der Waals surface area contributed by atoms with Gasteiger partial charge in [0.15, 0.2) is 0 Å². The number of hydrogen-bond donors (Lipinski definition) is 1. The van der Waals surface area contributed by atoms with Crippen molar-refractivity contribution in [2.24, 2.45) is 0 Å². The number of carbonyl (C=O) groups excluding carboxylic acids is 1. The average molecular weight is 338 g/mol. The summed E-state index contributed by atoms with van der Waals surface area (Å²) in [6.45, 7) is 4.81. The molecule has 1 N–H and O–H groups in total. The van der Waals surface area contributed by atoms with Crippen molar-refractivity contribution in [1.29, 1.82) is 0 Å². The van der Waals surface area contributed by atoms with Crippen LogP contribution in [0.4, 0.5) is 0 Å². The standard InChI is InChI=1S/C19H22N4O2/c24-19(4-2-15-1-3-17-16(13-15)5-12-25-17)23-10-8-22(9-11-23)14-18-20-6-7-21-18/h1-4,6-7,13H,5,8-12,14H2,(H,20,21)/b4-2+. The SMILES string of the molecule is O=C(/C=C/c1ccc2c(c1)CCO2)N1CCN(Cc2ncc[nH]2)CC1. The molecule has 0 saturated carbocycles. The van der Waals surface area contributed by atoms with Crippen molar-refractivity contribution in [2.75, 3.05) is 32.8 Å². The number of fused-ring (bicyclic) bond motifs is 1. The molecule has 25 heavy (non-hydrogen) atoms. The number of nitrogens with one attached hydrogen (secondary N) is 1. The van der Waals surface area contributed by atoms with Gasteiger partial charge < -0.3 is 14.6 Å². The molecule has 1 aromatic carbocycles. The molecule has 4 rings (SSSR count). The third kappa shape index (κ3) is 3.74. The van der Waals surface area contributed by atoms with Gasteiger partial charge in [-0.2, -0.15) is 0 Å². The van der Waals surface area contributed by atoms with Crippen LogP contribution in [0, 0.1) is 0 Å². The van der Waals surface area contributed by atoms with Crippen LogP contribution in [0.25, 0.3) is 6.08 Å². The molecular formula is C19H22N4O2. The number of carbonyl (C=O) groups is 1. The Hall–Kier alpha value is -2.60. The highest BCUT2D eigenvalue weighted by atomic mass is 16.5. The predicted molar refractivity (Wildman–Crippen MR) is 95.1 cm³/mol. The highest BCUT2D eigenvalue weighted by molar-refractivity contribution is 5.91. The van der Waals surface area contributed by atoms with Crippen LogP contribution in [0.5, 0.6) is 5.75 Å². The second kappa shape index (κ2) is 7.11. The van der Waals surface area contributed by atoms with E-state index in [4.69, 9.17) is 4.74 Å². The Morgan fingerprint density at radius 2 is 2.16 bits per heavy atom. The van der Waals surface area contributed by atoms with E-state index < -0.39 is 0 Å². The molecule has 1 fully saturated rings. The van der Waals surface area contributed by atoms with Crippen LogP contribution in [-0.2, 0) is 17.8 Å². The molecule has 2 aliphatic heterocycles. The number of imidazole rings is 1. The van der Waals surface area contributed by atoms with E-state index >= 15 is 0 Å². The van der Waals surface area contributed by atoms with Gasteiger partial charge in [0, 0.05) is 51.1 Å². The van der Waals surface area contributed by atoms with Gasteiger partial charge in [0.1, 0.15) is 11.6 Å². The van der Waals surface area contributed by atoms with E-state index in [0.29, 0.717) is 0 Å². The molecule has 1 amide bonds. The number of nitrogens with zero attached hydrogens (tertiary/aromatic N) is 3. The number of piperazine rings is 1. The second-order valence-electron chi connectivity index (χ2n) is 6.44. The summed E-state index contributed by atoms with van der Waals surface area (Å²) in [6.07, 6.45) is 8.13. The number of H-pyrrole nitrogens is 1. The van der Waals surface area contributed by atoms with E-state index in [-0.39, 0.29) is 5.91 Å². The fraction of sp³-hybridized carbons (Fsp3) is 0.368. The molecule has 2 aliphatic rings. The van der Waals surface area contributed by atoms with Gasteiger partial charge in [-0.3, -0.25) is 9.69 Å². The largest absolute Gasteiger partial charge is 0.493 e. The molecule has 6 heteroatoms. The summed E-state index contributed by atoms with van der Waals surface area (Å²) < 4.78 is 5.51. The first-order chi connectivity index (χ1) is 12.3.